The predicted octanol–water partition coefficient (Wildman–Crippen LogP) is 2.60. The highest BCUT2D eigenvalue weighted by molar-refractivity contribution is 7.99. The molecule has 0 bridgehead atoms. The molecule has 0 spiro atoms. The average Bonchev–Trinajstić information content (AvgIpc) is 2.36. The maximum absolute atomic E-state index is 14.5. The van der Waals surface area contributed by atoms with Crippen LogP contribution in [0.4, 0.5) is 4.39 Å². The van der Waals surface area contributed by atoms with Crippen molar-refractivity contribution in [2.45, 2.75) is 51.6 Å². The summed E-state index contributed by atoms with van der Waals surface area (Å²) in [7, 11) is 0. The van der Waals surface area contributed by atoms with E-state index in [1.54, 1.807) is 11.8 Å². The van der Waals surface area contributed by atoms with Gasteiger partial charge in [-0.1, -0.05) is 13.8 Å². The van der Waals surface area contributed by atoms with Gasteiger partial charge < -0.3 is 9.47 Å². The summed E-state index contributed by atoms with van der Waals surface area (Å²) in [6.45, 7) is 6.56. The fourth-order valence-electron chi connectivity index (χ4n) is 2.59. The van der Waals surface area contributed by atoms with E-state index in [1.807, 2.05) is 13.8 Å². The van der Waals surface area contributed by atoms with Gasteiger partial charge in [0, 0.05) is 30.9 Å². The predicted molar refractivity (Wildman–Crippen MR) is 76.3 cm³/mol. The van der Waals surface area contributed by atoms with Gasteiger partial charge >= 0.3 is 11.9 Å². The first-order valence-corrected chi connectivity index (χ1v) is 7.97. The smallest absolute Gasteiger partial charge is 0.303 e. The molecule has 4 nitrogen and oxygen atoms in total. The molecule has 0 aliphatic heterocycles. The first-order chi connectivity index (χ1) is 9.36. The summed E-state index contributed by atoms with van der Waals surface area (Å²) in [5.74, 6) is -0.462. The van der Waals surface area contributed by atoms with E-state index in [9.17, 15) is 14.0 Å². The van der Waals surface area contributed by atoms with Gasteiger partial charge in [0.15, 0.2) is 0 Å². The van der Waals surface area contributed by atoms with Gasteiger partial charge in [-0.15, -0.1) is 0 Å². The van der Waals surface area contributed by atoms with Crippen molar-refractivity contribution < 1.29 is 23.5 Å². The van der Waals surface area contributed by atoms with E-state index >= 15 is 0 Å². The van der Waals surface area contributed by atoms with Crippen LogP contribution in [0, 0.1) is 11.8 Å². The first kappa shape index (κ1) is 17.3. The van der Waals surface area contributed by atoms with Crippen LogP contribution in [0.3, 0.4) is 0 Å². The van der Waals surface area contributed by atoms with Crippen LogP contribution in [0.25, 0.3) is 0 Å². The van der Waals surface area contributed by atoms with Crippen molar-refractivity contribution >= 4 is 23.7 Å². The van der Waals surface area contributed by atoms with Gasteiger partial charge in [-0.3, -0.25) is 9.59 Å². The summed E-state index contributed by atoms with van der Waals surface area (Å²) in [5, 5.41) is 0.155. The topological polar surface area (TPSA) is 52.6 Å². The van der Waals surface area contributed by atoms with Crippen LogP contribution in [-0.2, 0) is 19.1 Å². The molecule has 1 saturated carbocycles. The number of hydrogen-bond acceptors (Lipinski definition) is 5. The van der Waals surface area contributed by atoms with Crippen LogP contribution in [0.1, 0.15) is 34.1 Å². The number of esters is 2. The van der Waals surface area contributed by atoms with E-state index in [4.69, 9.17) is 9.47 Å². The Labute approximate surface area is 123 Å². The molecular weight excluding hydrogens is 283 g/mol. The molecule has 0 heterocycles. The molecule has 0 saturated heterocycles. The molecule has 2 unspecified atom stereocenters. The zero-order valence-corrected chi connectivity index (χ0v) is 13.2. The van der Waals surface area contributed by atoms with Crippen molar-refractivity contribution in [1.29, 1.82) is 0 Å². The molecule has 0 N–H and O–H groups in total. The third-order valence-electron chi connectivity index (χ3n) is 3.59. The lowest BCUT2D eigenvalue weighted by molar-refractivity contribution is -0.162. The lowest BCUT2D eigenvalue weighted by Crippen LogP contribution is -2.49. The quantitative estimate of drug-likeness (QED) is 0.731. The van der Waals surface area contributed by atoms with Crippen molar-refractivity contribution in [3.8, 4) is 0 Å². The van der Waals surface area contributed by atoms with Gasteiger partial charge in [0.1, 0.15) is 12.3 Å². The normalized spacial score (nSPS) is 33.5. The Balaban J connectivity index is 2.80. The van der Waals surface area contributed by atoms with Crippen molar-refractivity contribution in [3.05, 3.63) is 0 Å². The summed E-state index contributed by atoms with van der Waals surface area (Å²) >= 11 is 1.70. The number of thioether (sulfide) groups is 1. The largest absolute Gasteiger partial charge is 0.465 e. The maximum Gasteiger partial charge on any atom is 0.303 e. The molecule has 20 heavy (non-hydrogen) atoms. The summed E-state index contributed by atoms with van der Waals surface area (Å²) < 4.78 is 24.6. The van der Waals surface area contributed by atoms with Crippen molar-refractivity contribution in [2.24, 2.45) is 11.8 Å². The molecule has 116 valence electrons. The summed E-state index contributed by atoms with van der Waals surface area (Å²) in [5.41, 5.74) is 0. The molecule has 5 atom stereocenters. The Morgan fingerprint density at radius 1 is 1.30 bits per heavy atom. The number of carbonyl (C=O) groups excluding carboxylic acids is 2. The average molecular weight is 306 g/mol. The van der Waals surface area contributed by atoms with Gasteiger partial charge in [-0.05, 0) is 12.2 Å². The molecule has 0 radical (unpaired) electrons. The highest BCUT2D eigenvalue weighted by Gasteiger charge is 2.45. The Bertz CT molecular complexity index is 350. The number of hydrogen-bond donors (Lipinski definition) is 0. The van der Waals surface area contributed by atoms with Crippen molar-refractivity contribution in [1.82, 2.24) is 0 Å². The van der Waals surface area contributed by atoms with Crippen LogP contribution < -0.4 is 0 Å². The zero-order chi connectivity index (χ0) is 15.3. The maximum atomic E-state index is 14.5. The van der Waals surface area contributed by atoms with E-state index in [1.165, 1.54) is 13.8 Å². The second-order valence-corrected chi connectivity index (χ2v) is 6.69. The van der Waals surface area contributed by atoms with Gasteiger partial charge in [-0.2, -0.15) is 11.8 Å². The molecule has 0 aromatic heterocycles. The second kappa shape index (κ2) is 7.86. The highest BCUT2D eigenvalue weighted by atomic mass is 32.2. The van der Waals surface area contributed by atoms with Crippen LogP contribution in [-0.4, -0.2) is 41.8 Å². The molecular formula is C14H23FO4S. The van der Waals surface area contributed by atoms with Crippen LogP contribution in [0.2, 0.25) is 0 Å². The molecule has 1 aliphatic rings. The molecule has 1 rings (SSSR count). The van der Waals surface area contributed by atoms with Crippen LogP contribution in [0.5, 0.6) is 0 Å². The van der Waals surface area contributed by atoms with Gasteiger partial charge in [0.05, 0.1) is 6.61 Å². The van der Waals surface area contributed by atoms with E-state index in [2.05, 4.69) is 0 Å². The molecule has 0 aromatic rings. The monoisotopic (exact) mass is 306 g/mol. The fraction of sp³-hybridized carbons (Fsp3) is 0.857. The van der Waals surface area contributed by atoms with Crippen LogP contribution in [0.15, 0.2) is 0 Å². The number of carbonyl (C=O) groups is 2. The minimum Gasteiger partial charge on any atom is -0.465 e. The number of alkyl halides is 1. The van der Waals surface area contributed by atoms with E-state index in [-0.39, 0.29) is 23.7 Å². The minimum absolute atomic E-state index is 0.0984. The van der Waals surface area contributed by atoms with Crippen molar-refractivity contribution in [3.63, 3.8) is 0 Å². The third-order valence-corrected chi connectivity index (χ3v) is 4.97. The standard InChI is InChI=1S/C14H23FO4S/c1-5-20-12-6-11(7-18-9(3)16)14(19-10(4)17)13(15)8(12)2/h8,11-14H,5-7H2,1-4H3/t8?,11?,12-,13-,14-/m1/s1. The molecule has 0 amide bonds. The van der Waals surface area contributed by atoms with E-state index in [0.29, 0.717) is 6.42 Å². The minimum atomic E-state index is -1.22. The molecule has 0 aromatic carbocycles. The highest BCUT2D eigenvalue weighted by Crippen LogP contribution is 2.39. The second-order valence-electron chi connectivity index (χ2n) is 5.17. The Hall–Kier alpha value is -0.780. The zero-order valence-electron chi connectivity index (χ0n) is 12.4. The Morgan fingerprint density at radius 2 is 1.95 bits per heavy atom. The summed E-state index contributed by atoms with van der Waals surface area (Å²) in [4.78, 5) is 22.1. The van der Waals surface area contributed by atoms with E-state index in [0.717, 1.165) is 5.75 Å². The summed E-state index contributed by atoms with van der Waals surface area (Å²) in [6.07, 6.45) is -1.36. The molecule has 1 aliphatic carbocycles. The van der Waals surface area contributed by atoms with Gasteiger partial charge in [-0.25, -0.2) is 4.39 Å². The SMILES string of the molecule is CCS[C@@H]1CC(COC(C)=O)[C@@H](OC(C)=O)[C@H](F)C1C. The van der Waals surface area contributed by atoms with Crippen molar-refractivity contribution in [2.75, 3.05) is 12.4 Å². The van der Waals surface area contributed by atoms with Crippen LogP contribution >= 0.6 is 11.8 Å². The number of rotatable bonds is 5. The Kier molecular flexibility index (Phi) is 6.79. The summed E-state index contributed by atoms with van der Waals surface area (Å²) in [6, 6.07) is 0. The molecule has 1 fully saturated rings. The lowest BCUT2D eigenvalue weighted by atomic mass is 9.79. The van der Waals surface area contributed by atoms with E-state index < -0.39 is 24.2 Å². The Morgan fingerprint density at radius 3 is 2.45 bits per heavy atom. The first-order valence-electron chi connectivity index (χ1n) is 6.93. The van der Waals surface area contributed by atoms with Gasteiger partial charge in [0.25, 0.3) is 0 Å². The molecule has 6 heteroatoms. The number of ether oxygens (including phenoxy) is 2. The fourth-order valence-corrected chi connectivity index (χ4v) is 3.85. The lowest BCUT2D eigenvalue weighted by Gasteiger charge is -2.41. The third kappa shape index (κ3) is 4.65. The van der Waals surface area contributed by atoms with Gasteiger partial charge in [0.2, 0.25) is 0 Å². The number of halogens is 1.